The van der Waals surface area contributed by atoms with Gasteiger partial charge in [-0.25, -0.2) is 4.99 Å². The molecule has 2 heterocycles. The normalized spacial score (nSPS) is 26.0. The van der Waals surface area contributed by atoms with Gasteiger partial charge < -0.3 is 26.0 Å². The van der Waals surface area contributed by atoms with Gasteiger partial charge in [0.05, 0.1) is 0 Å². The molecule has 2 saturated heterocycles. The topological polar surface area (TPSA) is 97.2 Å². The van der Waals surface area contributed by atoms with E-state index in [2.05, 4.69) is 9.89 Å². The molecule has 0 spiro atoms. The Morgan fingerprint density at radius 3 is 2.57 bits per heavy atom. The van der Waals surface area contributed by atoms with E-state index in [0.717, 1.165) is 32.4 Å². The number of carbonyl (C=O) groups is 1. The molecule has 0 aromatic rings. The van der Waals surface area contributed by atoms with Crippen LogP contribution in [0.1, 0.15) is 19.3 Å². The molecule has 0 saturated carbocycles. The van der Waals surface area contributed by atoms with Crippen LogP contribution < -0.4 is 11.5 Å². The maximum absolute atomic E-state index is 12.2. The summed E-state index contributed by atoms with van der Waals surface area (Å²) in [7, 11) is 2.04. The van der Waals surface area contributed by atoms with Gasteiger partial charge in [-0.1, -0.05) is 0 Å². The summed E-state index contributed by atoms with van der Waals surface area (Å²) in [5, 5.41) is 0. The fourth-order valence-electron chi connectivity index (χ4n) is 2.44. The molecule has 0 bridgehead atoms. The third-order valence-corrected chi connectivity index (χ3v) is 3.79. The largest absolute Gasteiger partial charge is 0.394 e. The van der Waals surface area contributed by atoms with Gasteiger partial charge in [-0.05, 0) is 26.3 Å². The number of likely N-dealkylation sites (N-methyl/N-ethyl adjacent to an activating group) is 1. The number of nitrogens with zero attached hydrogens (tertiary/aromatic N) is 3. The lowest BCUT2D eigenvalue weighted by molar-refractivity contribution is -0.128. The van der Waals surface area contributed by atoms with E-state index in [-0.39, 0.29) is 23.7 Å². The number of piperazine rings is 1. The van der Waals surface area contributed by atoms with Crippen molar-refractivity contribution < 1.29 is 9.53 Å². The van der Waals surface area contributed by atoms with Gasteiger partial charge >= 0.3 is 0 Å². The first-order valence-corrected chi connectivity index (χ1v) is 7.46. The highest BCUT2D eigenvalue weighted by Crippen LogP contribution is 2.13. The summed E-state index contributed by atoms with van der Waals surface area (Å²) < 4.78 is 5.48. The number of ether oxygens (including phenoxy) is 1. The fourth-order valence-corrected chi connectivity index (χ4v) is 2.44. The molecule has 1 atom stereocenters. The van der Waals surface area contributed by atoms with Crippen LogP contribution in [-0.2, 0) is 9.53 Å². The van der Waals surface area contributed by atoms with Crippen LogP contribution in [-0.4, -0.2) is 67.6 Å². The van der Waals surface area contributed by atoms with Crippen molar-refractivity contribution >= 4 is 11.7 Å². The fraction of sp³-hybridized carbons (Fsp3) is 0.714. The van der Waals surface area contributed by atoms with Crippen LogP contribution in [0, 0.1) is 0 Å². The number of hydrogen-bond acceptors (Lipinski definition) is 5. The standard InChI is InChI=1S/C14H25N5O2/c1-18-5-7-19(8-6-18)14(20)11(15)10-12(16)17-13-4-2-3-9-21-13/h10,13H,2-9,15H2,1H3,(H2,16,17)/b11-10-. The average Bonchev–Trinajstić information content (AvgIpc) is 2.48. The molecule has 118 valence electrons. The molecule has 2 aliphatic heterocycles. The second kappa shape index (κ2) is 7.42. The van der Waals surface area contributed by atoms with E-state index in [1.54, 1.807) is 4.90 Å². The molecule has 2 rings (SSSR count). The maximum Gasteiger partial charge on any atom is 0.269 e. The molecule has 21 heavy (non-hydrogen) atoms. The highest BCUT2D eigenvalue weighted by molar-refractivity contribution is 6.01. The van der Waals surface area contributed by atoms with Gasteiger partial charge in [-0.2, -0.15) is 0 Å². The summed E-state index contributed by atoms with van der Waals surface area (Å²) in [5.41, 5.74) is 11.8. The molecule has 1 unspecified atom stereocenters. The van der Waals surface area contributed by atoms with E-state index in [0.29, 0.717) is 19.7 Å². The minimum absolute atomic E-state index is 0.136. The van der Waals surface area contributed by atoms with Gasteiger partial charge in [0.25, 0.3) is 5.91 Å². The zero-order valence-corrected chi connectivity index (χ0v) is 12.6. The highest BCUT2D eigenvalue weighted by atomic mass is 16.5. The molecular weight excluding hydrogens is 270 g/mol. The molecule has 2 aliphatic rings. The monoisotopic (exact) mass is 295 g/mol. The highest BCUT2D eigenvalue weighted by Gasteiger charge is 2.21. The smallest absolute Gasteiger partial charge is 0.269 e. The third-order valence-electron chi connectivity index (χ3n) is 3.79. The van der Waals surface area contributed by atoms with Crippen molar-refractivity contribution in [2.24, 2.45) is 16.5 Å². The SMILES string of the molecule is CN1CCN(C(=O)/C(N)=C/C(N)=N/C2CCCCO2)CC1. The summed E-state index contributed by atoms with van der Waals surface area (Å²) in [6.45, 7) is 3.80. The molecule has 0 aromatic heterocycles. The Balaban J connectivity index is 1.92. The Bertz CT molecular complexity index is 421. The van der Waals surface area contributed by atoms with E-state index in [1.165, 1.54) is 6.08 Å². The van der Waals surface area contributed by atoms with Crippen molar-refractivity contribution in [1.82, 2.24) is 9.80 Å². The number of nitrogens with two attached hydrogens (primary N) is 2. The number of rotatable bonds is 3. The summed E-state index contributed by atoms with van der Waals surface area (Å²) in [5.74, 6) is 0.0766. The van der Waals surface area contributed by atoms with Crippen LogP contribution in [0.15, 0.2) is 16.8 Å². The Hall–Kier alpha value is -1.60. The van der Waals surface area contributed by atoms with Crippen molar-refractivity contribution in [2.75, 3.05) is 39.8 Å². The van der Waals surface area contributed by atoms with E-state index < -0.39 is 0 Å². The van der Waals surface area contributed by atoms with Crippen molar-refractivity contribution in [2.45, 2.75) is 25.5 Å². The Labute approximate surface area is 125 Å². The molecule has 4 N–H and O–H groups in total. The van der Waals surface area contributed by atoms with Crippen LogP contribution in [0.25, 0.3) is 0 Å². The van der Waals surface area contributed by atoms with Crippen LogP contribution >= 0.6 is 0 Å². The number of amidine groups is 1. The number of hydrogen-bond donors (Lipinski definition) is 2. The van der Waals surface area contributed by atoms with Crippen LogP contribution in [0.2, 0.25) is 0 Å². The van der Waals surface area contributed by atoms with Gasteiger partial charge in [0, 0.05) is 38.9 Å². The predicted octanol–water partition coefficient (Wildman–Crippen LogP) is -0.513. The van der Waals surface area contributed by atoms with Gasteiger partial charge in [-0.3, -0.25) is 4.79 Å². The second-order valence-corrected chi connectivity index (χ2v) is 5.57. The zero-order chi connectivity index (χ0) is 15.2. The molecule has 2 fully saturated rings. The molecule has 7 heteroatoms. The third kappa shape index (κ3) is 4.71. The van der Waals surface area contributed by atoms with Crippen LogP contribution in [0.4, 0.5) is 0 Å². The molecule has 0 aliphatic carbocycles. The lowest BCUT2D eigenvalue weighted by atomic mass is 10.2. The van der Waals surface area contributed by atoms with Crippen molar-refractivity contribution in [1.29, 1.82) is 0 Å². The first-order chi connectivity index (χ1) is 10.1. The molecule has 0 radical (unpaired) electrons. The molecule has 1 amide bonds. The summed E-state index contributed by atoms with van der Waals surface area (Å²) in [6, 6.07) is 0. The second-order valence-electron chi connectivity index (χ2n) is 5.57. The van der Waals surface area contributed by atoms with Crippen molar-refractivity contribution in [3.8, 4) is 0 Å². The number of amides is 1. The summed E-state index contributed by atoms with van der Waals surface area (Å²) in [4.78, 5) is 20.4. The van der Waals surface area contributed by atoms with Crippen molar-refractivity contribution in [3.05, 3.63) is 11.8 Å². The van der Waals surface area contributed by atoms with Gasteiger partial charge in [0.15, 0.2) is 6.23 Å². The zero-order valence-electron chi connectivity index (χ0n) is 12.6. The molecule has 7 nitrogen and oxygen atoms in total. The van der Waals surface area contributed by atoms with E-state index in [4.69, 9.17) is 16.2 Å². The van der Waals surface area contributed by atoms with Gasteiger partial charge in [0.1, 0.15) is 11.5 Å². The first kappa shape index (κ1) is 15.8. The number of aliphatic imine (C=N–C) groups is 1. The quantitative estimate of drug-likeness (QED) is 0.415. The van der Waals surface area contributed by atoms with Gasteiger partial charge in [0.2, 0.25) is 0 Å². The van der Waals surface area contributed by atoms with Crippen LogP contribution in [0.5, 0.6) is 0 Å². The summed E-state index contributed by atoms with van der Waals surface area (Å²) >= 11 is 0. The molecular formula is C14H25N5O2. The van der Waals surface area contributed by atoms with E-state index in [1.807, 2.05) is 7.05 Å². The Kier molecular flexibility index (Phi) is 5.58. The Morgan fingerprint density at radius 2 is 1.95 bits per heavy atom. The predicted molar refractivity (Wildman–Crippen MR) is 81.6 cm³/mol. The lowest BCUT2D eigenvalue weighted by Crippen LogP contribution is -2.48. The van der Waals surface area contributed by atoms with Gasteiger partial charge in [-0.15, -0.1) is 0 Å². The van der Waals surface area contributed by atoms with Crippen molar-refractivity contribution in [3.63, 3.8) is 0 Å². The Morgan fingerprint density at radius 1 is 1.24 bits per heavy atom. The van der Waals surface area contributed by atoms with E-state index >= 15 is 0 Å². The summed E-state index contributed by atoms with van der Waals surface area (Å²) in [6.07, 6.45) is 4.24. The minimum atomic E-state index is -0.207. The minimum Gasteiger partial charge on any atom is -0.394 e. The maximum atomic E-state index is 12.2. The van der Waals surface area contributed by atoms with E-state index in [9.17, 15) is 4.79 Å². The number of carbonyl (C=O) groups excluding carboxylic acids is 1. The molecule has 0 aromatic carbocycles. The van der Waals surface area contributed by atoms with Crippen LogP contribution in [0.3, 0.4) is 0 Å². The first-order valence-electron chi connectivity index (χ1n) is 7.46. The average molecular weight is 295 g/mol. The lowest BCUT2D eigenvalue weighted by Gasteiger charge is -2.32.